The number of carbonyl (C=O) groups excluding carboxylic acids is 1. The molecule has 0 atom stereocenters. The molecule has 0 amide bonds. The highest BCUT2D eigenvalue weighted by molar-refractivity contribution is 6.04. The van der Waals surface area contributed by atoms with Gasteiger partial charge < -0.3 is 4.57 Å². The Kier molecular flexibility index (Phi) is 4.58. The molecule has 2 aromatic carbocycles. The van der Waals surface area contributed by atoms with Crippen LogP contribution < -0.4 is 0 Å². The first-order valence-electron chi connectivity index (χ1n) is 10.7. The van der Waals surface area contributed by atoms with E-state index in [1.165, 1.54) is 23.3 Å². The Labute approximate surface area is 175 Å². The molecule has 3 heterocycles. The van der Waals surface area contributed by atoms with Crippen LogP contribution in [0.4, 0.5) is 4.39 Å². The molecule has 0 fully saturated rings. The van der Waals surface area contributed by atoms with Crippen molar-refractivity contribution in [3.63, 3.8) is 0 Å². The molecule has 3 nitrogen and oxygen atoms in total. The van der Waals surface area contributed by atoms with E-state index in [2.05, 4.69) is 46.4 Å². The van der Waals surface area contributed by atoms with E-state index in [1.807, 2.05) is 19.1 Å². The molecule has 30 heavy (non-hydrogen) atoms. The van der Waals surface area contributed by atoms with Gasteiger partial charge in [0.25, 0.3) is 0 Å². The van der Waals surface area contributed by atoms with E-state index in [1.54, 1.807) is 0 Å². The summed E-state index contributed by atoms with van der Waals surface area (Å²) in [5.41, 5.74) is 8.54. The summed E-state index contributed by atoms with van der Waals surface area (Å²) in [6, 6.07) is 15.1. The molecule has 0 N–H and O–H groups in total. The number of aromatic nitrogens is 2. The highest BCUT2D eigenvalue weighted by Crippen LogP contribution is 2.39. The van der Waals surface area contributed by atoms with Crippen molar-refractivity contribution in [3.8, 4) is 22.4 Å². The van der Waals surface area contributed by atoms with E-state index >= 15 is 0 Å². The van der Waals surface area contributed by atoms with Crippen molar-refractivity contribution in [1.29, 1.82) is 0 Å². The number of imidazole rings is 1. The maximum Gasteiger partial charge on any atom is 0.179 e. The smallest absolute Gasteiger partial charge is 0.179 e. The molecule has 0 bridgehead atoms. The summed E-state index contributed by atoms with van der Waals surface area (Å²) in [6.07, 6.45) is 5.65. The fraction of sp³-hybridized carbons (Fsp3) is 0.269. The number of hydrogen-bond acceptors (Lipinski definition) is 1. The van der Waals surface area contributed by atoms with Gasteiger partial charge in [-0.05, 0) is 61.6 Å². The molecule has 152 valence electrons. The molecule has 5 rings (SSSR count). The summed E-state index contributed by atoms with van der Waals surface area (Å²) < 4.78 is 17.9. The minimum atomic E-state index is -0.239. The first-order valence-corrected chi connectivity index (χ1v) is 10.7. The van der Waals surface area contributed by atoms with Gasteiger partial charge in [0.15, 0.2) is 5.78 Å². The van der Waals surface area contributed by atoms with Crippen LogP contribution in [0, 0.1) is 12.7 Å². The molecule has 1 aliphatic heterocycles. The molecular formula is C26H25FN2O. The van der Waals surface area contributed by atoms with Crippen LogP contribution in [0.15, 0.2) is 54.7 Å². The lowest BCUT2D eigenvalue weighted by molar-refractivity contribution is 0.0983. The number of nitrogens with zero attached hydrogens (tertiary/aromatic N) is 2. The van der Waals surface area contributed by atoms with Crippen molar-refractivity contribution in [2.75, 3.05) is 0 Å². The lowest BCUT2D eigenvalue weighted by atomic mass is 9.95. The summed E-state index contributed by atoms with van der Waals surface area (Å²) in [7, 11) is 0. The van der Waals surface area contributed by atoms with Gasteiger partial charge in [-0.25, -0.2) is 4.39 Å². The second-order valence-corrected chi connectivity index (χ2v) is 8.17. The number of rotatable bonds is 4. The molecule has 0 radical (unpaired) electrons. The predicted octanol–water partition coefficient (Wildman–Crippen LogP) is 6.45. The Morgan fingerprint density at radius 1 is 1.00 bits per heavy atom. The van der Waals surface area contributed by atoms with Crippen molar-refractivity contribution in [1.82, 2.24) is 8.97 Å². The summed E-state index contributed by atoms with van der Waals surface area (Å²) in [4.78, 5) is 13.1. The maximum atomic E-state index is 13.5. The molecule has 0 aliphatic carbocycles. The standard InChI is InChI=1S/C26H25FN2O/c1-3-23(30)25-24(19-9-7-17(2)8-10-19)21-6-4-5-15-28-22(16-29(25)26(21)28)18-11-13-20(27)14-12-18/h7-14,16H,3-6,15H2,1-2H3. The van der Waals surface area contributed by atoms with Crippen LogP contribution in [-0.2, 0) is 13.0 Å². The van der Waals surface area contributed by atoms with Gasteiger partial charge in [-0.2, -0.15) is 0 Å². The van der Waals surface area contributed by atoms with E-state index in [9.17, 15) is 9.18 Å². The third kappa shape index (κ3) is 2.90. The van der Waals surface area contributed by atoms with Crippen LogP contribution in [0.3, 0.4) is 0 Å². The molecule has 1 aliphatic rings. The molecular weight excluding hydrogens is 375 g/mol. The quantitative estimate of drug-likeness (QED) is 0.362. The van der Waals surface area contributed by atoms with Crippen molar-refractivity contribution < 1.29 is 9.18 Å². The van der Waals surface area contributed by atoms with E-state index < -0.39 is 0 Å². The summed E-state index contributed by atoms with van der Waals surface area (Å²) >= 11 is 0. The molecule has 4 aromatic rings. The van der Waals surface area contributed by atoms with Gasteiger partial charge in [-0.3, -0.25) is 9.20 Å². The third-order valence-corrected chi connectivity index (χ3v) is 6.20. The minimum Gasteiger partial charge on any atom is -0.325 e. The number of benzene rings is 2. The lowest BCUT2D eigenvalue weighted by Crippen LogP contribution is -2.03. The number of halogens is 1. The molecule has 0 unspecified atom stereocenters. The van der Waals surface area contributed by atoms with Crippen molar-refractivity contribution in [3.05, 3.63) is 77.4 Å². The second kappa shape index (κ2) is 7.28. The van der Waals surface area contributed by atoms with Crippen LogP contribution in [0.1, 0.15) is 47.8 Å². The van der Waals surface area contributed by atoms with E-state index in [4.69, 9.17) is 0 Å². The number of ketones is 1. The van der Waals surface area contributed by atoms with E-state index in [0.29, 0.717) is 6.42 Å². The Hall–Kier alpha value is -3.14. The van der Waals surface area contributed by atoms with Gasteiger partial charge >= 0.3 is 0 Å². The molecule has 4 heteroatoms. The van der Waals surface area contributed by atoms with E-state index in [0.717, 1.165) is 59.5 Å². The first-order chi connectivity index (χ1) is 14.6. The number of Topliss-reactive ketones (excluding diaryl/α,β-unsaturated/α-hetero) is 1. The Morgan fingerprint density at radius 3 is 2.40 bits per heavy atom. The zero-order valence-corrected chi connectivity index (χ0v) is 17.4. The predicted molar refractivity (Wildman–Crippen MR) is 119 cm³/mol. The van der Waals surface area contributed by atoms with Gasteiger partial charge in [0, 0.05) is 30.3 Å². The second-order valence-electron chi connectivity index (χ2n) is 8.17. The zero-order chi connectivity index (χ0) is 20.8. The van der Waals surface area contributed by atoms with Crippen molar-refractivity contribution in [2.24, 2.45) is 0 Å². The zero-order valence-electron chi connectivity index (χ0n) is 17.4. The average molecular weight is 400 g/mol. The van der Waals surface area contributed by atoms with Crippen LogP contribution in [0.2, 0.25) is 0 Å². The molecule has 2 aromatic heterocycles. The van der Waals surface area contributed by atoms with Gasteiger partial charge in [0.2, 0.25) is 0 Å². The summed E-state index contributed by atoms with van der Waals surface area (Å²) in [6.45, 7) is 4.90. The third-order valence-electron chi connectivity index (χ3n) is 6.20. The Bertz CT molecular complexity index is 1240. The maximum absolute atomic E-state index is 13.5. The Balaban J connectivity index is 1.84. The van der Waals surface area contributed by atoms with Gasteiger partial charge in [-0.15, -0.1) is 0 Å². The first kappa shape index (κ1) is 18.9. The number of carbonyl (C=O) groups is 1. The van der Waals surface area contributed by atoms with Crippen LogP contribution >= 0.6 is 0 Å². The van der Waals surface area contributed by atoms with Crippen LogP contribution in [0.25, 0.3) is 28.0 Å². The minimum absolute atomic E-state index is 0.148. The molecule has 0 saturated carbocycles. The van der Waals surface area contributed by atoms with E-state index in [-0.39, 0.29) is 11.6 Å². The molecule has 0 saturated heterocycles. The van der Waals surface area contributed by atoms with Gasteiger partial charge in [0.1, 0.15) is 11.5 Å². The van der Waals surface area contributed by atoms with Crippen molar-refractivity contribution in [2.45, 2.75) is 46.1 Å². The van der Waals surface area contributed by atoms with Crippen molar-refractivity contribution >= 4 is 11.4 Å². The molecule has 0 spiro atoms. The fourth-order valence-electron chi connectivity index (χ4n) is 4.71. The number of hydrogen-bond donors (Lipinski definition) is 0. The summed E-state index contributed by atoms with van der Waals surface area (Å²) in [5, 5.41) is 0. The largest absolute Gasteiger partial charge is 0.325 e. The van der Waals surface area contributed by atoms with Crippen LogP contribution in [-0.4, -0.2) is 14.8 Å². The normalized spacial score (nSPS) is 13.6. The van der Waals surface area contributed by atoms with Gasteiger partial charge in [-0.1, -0.05) is 36.8 Å². The monoisotopic (exact) mass is 400 g/mol. The highest BCUT2D eigenvalue weighted by atomic mass is 19.1. The van der Waals surface area contributed by atoms with Crippen LogP contribution in [0.5, 0.6) is 0 Å². The number of aryl methyl sites for hydroxylation is 3. The fourth-order valence-corrected chi connectivity index (χ4v) is 4.71. The Morgan fingerprint density at radius 2 is 1.70 bits per heavy atom. The average Bonchev–Trinajstić information content (AvgIpc) is 3.17. The summed E-state index contributed by atoms with van der Waals surface area (Å²) in [5.74, 6) is -0.0905. The lowest BCUT2D eigenvalue weighted by Gasteiger charge is -2.09. The SMILES string of the molecule is CCC(=O)c1c(-c2ccc(C)cc2)c2c3n(c(-c4ccc(F)cc4)cn13)CCCC2. The topological polar surface area (TPSA) is 26.4 Å². The van der Waals surface area contributed by atoms with Gasteiger partial charge in [0.05, 0.1) is 11.4 Å². The highest BCUT2D eigenvalue weighted by Gasteiger charge is 2.28.